The summed E-state index contributed by atoms with van der Waals surface area (Å²) in [6.07, 6.45) is 1.60. The Morgan fingerprint density at radius 1 is 0.833 bits per heavy atom. The fourth-order valence-electron chi connectivity index (χ4n) is 3.30. The standard InChI is InChI=1S/C27H19NO2/c28-18-24(27(29)22-8-2-1-3-9-22)17-20-13-15-25(16-14-20)30-19-23-11-6-10-21-7-4-5-12-26(21)23/h1-17H,19H2/b24-17+. The lowest BCUT2D eigenvalue weighted by molar-refractivity contribution is 0.104. The Balaban J connectivity index is 1.48. The summed E-state index contributed by atoms with van der Waals surface area (Å²) in [5, 5.41) is 11.8. The molecule has 0 spiro atoms. The fraction of sp³-hybridized carbons (Fsp3) is 0.0370. The second kappa shape index (κ2) is 8.89. The van der Waals surface area contributed by atoms with Gasteiger partial charge in [0.25, 0.3) is 0 Å². The predicted molar refractivity (Wildman–Crippen MR) is 119 cm³/mol. The highest BCUT2D eigenvalue weighted by Crippen LogP contribution is 2.22. The molecule has 0 radical (unpaired) electrons. The van der Waals surface area contributed by atoms with Gasteiger partial charge in [0.2, 0.25) is 5.78 Å². The molecule has 0 saturated heterocycles. The molecule has 3 heteroatoms. The minimum Gasteiger partial charge on any atom is -0.489 e. The highest BCUT2D eigenvalue weighted by atomic mass is 16.5. The van der Waals surface area contributed by atoms with Crippen molar-refractivity contribution in [2.45, 2.75) is 6.61 Å². The Morgan fingerprint density at radius 2 is 1.53 bits per heavy atom. The average Bonchev–Trinajstić information content (AvgIpc) is 2.82. The molecule has 4 rings (SSSR count). The zero-order valence-corrected chi connectivity index (χ0v) is 16.3. The van der Waals surface area contributed by atoms with Gasteiger partial charge in [0.05, 0.1) is 0 Å². The van der Waals surface area contributed by atoms with Gasteiger partial charge in [0.15, 0.2) is 0 Å². The molecule has 0 N–H and O–H groups in total. The van der Waals surface area contributed by atoms with Crippen molar-refractivity contribution < 1.29 is 9.53 Å². The lowest BCUT2D eigenvalue weighted by Crippen LogP contribution is -2.01. The van der Waals surface area contributed by atoms with Crippen LogP contribution in [-0.4, -0.2) is 5.78 Å². The van der Waals surface area contributed by atoms with Crippen LogP contribution in [0.25, 0.3) is 16.8 Å². The van der Waals surface area contributed by atoms with E-state index in [1.165, 1.54) is 10.8 Å². The molecular formula is C27H19NO2. The van der Waals surface area contributed by atoms with Crippen molar-refractivity contribution in [3.8, 4) is 11.8 Å². The molecule has 0 heterocycles. The van der Waals surface area contributed by atoms with E-state index in [2.05, 4.69) is 24.3 Å². The first-order valence-corrected chi connectivity index (χ1v) is 9.65. The van der Waals surface area contributed by atoms with Crippen LogP contribution in [0, 0.1) is 11.3 Å². The van der Waals surface area contributed by atoms with E-state index in [0.29, 0.717) is 12.2 Å². The molecule has 0 aliphatic carbocycles. The molecular weight excluding hydrogens is 370 g/mol. The maximum Gasteiger partial charge on any atom is 0.203 e. The number of allylic oxidation sites excluding steroid dienone is 1. The molecule has 144 valence electrons. The van der Waals surface area contributed by atoms with Gasteiger partial charge in [0.1, 0.15) is 24.0 Å². The van der Waals surface area contributed by atoms with Crippen molar-refractivity contribution in [1.82, 2.24) is 0 Å². The lowest BCUT2D eigenvalue weighted by Gasteiger charge is -2.09. The molecule has 3 nitrogen and oxygen atoms in total. The Morgan fingerprint density at radius 3 is 2.30 bits per heavy atom. The third-order valence-corrected chi connectivity index (χ3v) is 4.87. The molecule has 0 bridgehead atoms. The first kappa shape index (κ1) is 19.2. The molecule has 30 heavy (non-hydrogen) atoms. The van der Waals surface area contributed by atoms with Gasteiger partial charge in [-0.3, -0.25) is 4.79 Å². The van der Waals surface area contributed by atoms with Crippen LogP contribution in [0.5, 0.6) is 5.75 Å². The number of ketones is 1. The van der Waals surface area contributed by atoms with E-state index in [-0.39, 0.29) is 11.4 Å². The fourth-order valence-corrected chi connectivity index (χ4v) is 3.30. The van der Waals surface area contributed by atoms with Gasteiger partial charge in [-0.05, 0) is 40.1 Å². The van der Waals surface area contributed by atoms with Crippen molar-refractivity contribution in [2.75, 3.05) is 0 Å². The Hall–Kier alpha value is -4.16. The van der Waals surface area contributed by atoms with E-state index in [1.54, 1.807) is 30.3 Å². The molecule has 0 aliphatic rings. The molecule has 0 aliphatic heterocycles. The predicted octanol–water partition coefficient (Wildman–Crippen LogP) is 6.21. The van der Waals surface area contributed by atoms with E-state index in [4.69, 9.17) is 4.74 Å². The summed E-state index contributed by atoms with van der Waals surface area (Å²) < 4.78 is 5.95. The van der Waals surface area contributed by atoms with E-state index in [0.717, 1.165) is 16.9 Å². The Kier molecular flexibility index (Phi) is 5.68. The van der Waals surface area contributed by atoms with Crippen molar-refractivity contribution in [3.05, 3.63) is 119 Å². The van der Waals surface area contributed by atoms with Gasteiger partial charge in [-0.1, -0.05) is 84.9 Å². The van der Waals surface area contributed by atoms with Crippen molar-refractivity contribution in [1.29, 1.82) is 5.26 Å². The van der Waals surface area contributed by atoms with Gasteiger partial charge >= 0.3 is 0 Å². The number of fused-ring (bicyclic) bond motifs is 1. The number of carbonyl (C=O) groups excluding carboxylic acids is 1. The van der Waals surface area contributed by atoms with Crippen molar-refractivity contribution in [3.63, 3.8) is 0 Å². The summed E-state index contributed by atoms with van der Waals surface area (Å²) in [4.78, 5) is 12.5. The summed E-state index contributed by atoms with van der Waals surface area (Å²) in [5.41, 5.74) is 2.50. The number of hydrogen-bond acceptors (Lipinski definition) is 3. The Labute approximate surface area is 175 Å². The molecule has 4 aromatic carbocycles. The van der Waals surface area contributed by atoms with Crippen LogP contribution in [-0.2, 0) is 6.61 Å². The quantitative estimate of drug-likeness (QED) is 0.224. The van der Waals surface area contributed by atoms with Gasteiger partial charge in [-0.15, -0.1) is 0 Å². The maximum absolute atomic E-state index is 12.5. The summed E-state index contributed by atoms with van der Waals surface area (Å²) in [5.74, 6) is 0.447. The highest BCUT2D eigenvalue weighted by Gasteiger charge is 2.11. The van der Waals surface area contributed by atoms with Gasteiger partial charge < -0.3 is 4.74 Å². The third kappa shape index (κ3) is 4.29. The number of hydrogen-bond donors (Lipinski definition) is 0. The number of ether oxygens (including phenoxy) is 1. The van der Waals surface area contributed by atoms with E-state index < -0.39 is 0 Å². The molecule has 0 atom stereocenters. The molecule has 0 unspecified atom stereocenters. The summed E-state index contributed by atoms with van der Waals surface area (Å²) >= 11 is 0. The van der Waals surface area contributed by atoms with Gasteiger partial charge in [0, 0.05) is 5.56 Å². The van der Waals surface area contributed by atoms with Crippen LogP contribution in [0.15, 0.2) is 103 Å². The molecule has 4 aromatic rings. The normalized spacial score (nSPS) is 11.1. The first-order valence-electron chi connectivity index (χ1n) is 9.65. The SMILES string of the molecule is N#C/C(=C\c1ccc(OCc2cccc3ccccc23)cc1)C(=O)c1ccccc1. The monoisotopic (exact) mass is 389 g/mol. The molecule has 0 aromatic heterocycles. The summed E-state index contributed by atoms with van der Waals surface area (Å²) in [6, 6.07) is 32.6. The van der Waals surface area contributed by atoms with E-state index in [1.807, 2.05) is 54.6 Å². The lowest BCUT2D eigenvalue weighted by atomic mass is 10.0. The largest absolute Gasteiger partial charge is 0.489 e. The van der Waals surface area contributed by atoms with E-state index in [9.17, 15) is 10.1 Å². The van der Waals surface area contributed by atoms with Crippen LogP contribution in [0.4, 0.5) is 0 Å². The number of carbonyl (C=O) groups is 1. The van der Waals surface area contributed by atoms with Crippen molar-refractivity contribution in [2.24, 2.45) is 0 Å². The van der Waals surface area contributed by atoms with Gasteiger partial charge in [-0.2, -0.15) is 5.26 Å². The number of Topliss-reactive ketones (excluding diaryl/α,β-unsaturated/α-hetero) is 1. The second-order valence-corrected chi connectivity index (χ2v) is 6.86. The molecule has 0 amide bonds. The van der Waals surface area contributed by atoms with Crippen molar-refractivity contribution >= 4 is 22.6 Å². The second-order valence-electron chi connectivity index (χ2n) is 6.86. The van der Waals surface area contributed by atoms with Crippen LogP contribution >= 0.6 is 0 Å². The smallest absolute Gasteiger partial charge is 0.203 e. The maximum atomic E-state index is 12.5. The Bertz CT molecular complexity index is 1240. The minimum absolute atomic E-state index is 0.102. The van der Waals surface area contributed by atoms with Crippen LogP contribution in [0.3, 0.4) is 0 Å². The van der Waals surface area contributed by atoms with Crippen LogP contribution in [0.1, 0.15) is 21.5 Å². The summed E-state index contributed by atoms with van der Waals surface area (Å²) in [6.45, 7) is 0.465. The number of rotatable bonds is 6. The van der Waals surface area contributed by atoms with Gasteiger partial charge in [-0.25, -0.2) is 0 Å². The van der Waals surface area contributed by atoms with Crippen LogP contribution in [0.2, 0.25) is 0 Å². The number of benzene rings is 4. The average molecular weight is 389 g/mol. The molecule has 0 saturated carbocycles. The minimum atomic E-state index is -0.283. The molecule has 0 fully saturated rings. The number of nitriles is 1. The third-order valence-electron chi connectivity index (χ3n) is 4.87. The summed E-state index contributed by atoms with van der Waals surface area (Å²) in [7, 11) is 0. The topological polar surface area (TPSA) is 50.1 Å². The zero-order chi connectivity index (χ0) is 20.8. The number of nitrogens with zero attached hydrogens (tertiary/aromatic N) is 1. The van der Waals surface area contributed by atoms with E-state index >= 15 is 0 Å². The first-order chi connectivity index (χ1) is 14.7. The van der Waals surface area contributed by atoms with Crippen LogP contribution < -0.4 is 4.74 Å². The highest BCUT2D eigenvalue weighted by molar-refractivity contribution is 6.14. The zero-order valence-electron chi connectivity index (χ0n) is 16.3.